The molecule has 6 heteroatoms. The summed E-state index contributed by atoms with van der Waals surface area (Å²) in [6.07, 6.45) is -4.61. The quantitative estimate of drug-likeness (QED) is 0.618. The van der Waals surface area contributed by atoms with Crippen molar-refractivity contribution in [2.24, 2.45) is 5.73 Å². The first-order valence-corrected chi connectivity index (χ1v) is 8.02. The SMILES string of the molecule is NC(=O)c1ccccc1-c1ccc(-c2ccccc2Cl)cc1C(F)(F)F. The predicted molar refractivity (Wildman–Crippen MR) is 95.8 cm³/mol. The van der Waals surface area contributed by atoms with Crippen LogP contribution in [-0.2, 0) is 6.18 Å². The van der Waals surface area contributed by atoms with Gasteiger partial charge in [0.25, 0.3) is 0 Å². The molecule has 0 fully saturated rings. The number of alkyl halides is 3. The first kappa shape index (κ1) is 18.0. The Balaban J connectivity index is 2.26. The smallest absolute Gasteiger partial charge is 0.366 e. The highest BCUT2D eigenvalue weighted by Gasteiger charge is 2.34. The van der Waals surface area contributed by atoms with E-state index in [1.165, 1.54) is 18.2 Å². The van der Waals surface area contributed by atoms with Crippen molar-refractivity contribution in [1.29, 1.82) is 0 Å². The summed E-state index contributed by atoms with van der Waals surface area (Å²) in [7, 11) is 0. The van der Waals surface area contributed by atoms with E-state index in [-0.39, 0.29) is 16.7 Å². The highest BCUT2D eigenvalue weighted by Crippen LogP contribution is 2.41. The highest BCUT2D eigenvalue weighted by molar-refractivity contribution is 6.33. The van der Waals surface area contributed by atoms with Crippen molar-refractivity contribution in [2.75, 3.05) is 0 Å². The average Bonchev–Trinajstić information content (AvgIpc) is 2.61. The molecule has 3 aromatic carbocycles. The number of rotatable bonds is 3. The molecule has 0 heterocycles. The normalized spacial score (nSPS) is 11.4. The number of nitrogens with two attached hydrogens (primary N) is 1. The first-order chi connectivity index (χ1) is 12.3. The molecule has 0 radical (unpaired) electrons. The van der Waals surface area contributed by atoms with Crippen LogP contribution in [0.4, 0.5) is 13.2 Å². The molecule has 3 rings (SSSR count). The minimum atomic E-state index is -4.61. The summed E-state index contributed by atoms with van der Waals surface area (Å²) in [5.41, 5.74) is 5.35. The lowest BCUT2D eigenvalue weighted by Crippen LogP contribution is -2.14. The van der Waals surface area contributed by atoms with Gasteiger partial charge < -0.3 is 5.73 Å². The van der Waals surface area contributed by atoms with Crippen molar-refractivity contribution in [3.05, 3.63) is 82.9 Å². The third-order valence-electron chi connectivity index (χ3n) is 3.99. The van der Waals surface area contributed by atoms with Crippen LogP contribution in [0.25, 0.3) is 22.3 Å². The van der Waals surface area contributed by atoms with Gasteiger partial charge in [-0.05, 0) is 34.9 Å². The summed E-state index contributed by atoms with van der Waals surface area (Å²) >= 11 is 6.11. The Kier molecular flexibility index (Phi) is 4.74. The van der Waals surface area contributed by atoms with Crippen molar-refractivity contribution in [2.45, 2.75) is 6.18 Å². The lowest BCUT2D eigenvalue weighted by atomic mass is 9.92. The van der Waals surface area contributed by atoms with Gasteiger partial charge in [-0.2, -0.15) is 13.2 Å². The third kappa shape index (κ3) is 3.44. The van der Waals surface area contributed by atoms with Gasteiger partial charge in [0.2, 0.25) is 5.91 Å². The second-order valence-corrected chi connectivity index (χ2v) is 6.06. The molecule has 0 aromatic heterocycles. The van der Waals surface area contributed by atoms with Gasteiger partial charge in [0.05, 0.1) is 5.56 Å². The zero-order valence-electron chi connectivity index (χ0n) is 13.3. The van der Waals surface area contributed by atoms with Gasteiger partial charge in [0.15, 0.2) is 0 Å². The van der Waals surface area contributed by atoms with Crippen LogP contribution in [0.3, 0.4) is 0 Å². The molecular weight excluding hydrogens is 363 g/mol. The molecule has 132 valence electrons. The van der Waals surface area contributed by atoms with E-state index in [0.717, 1.165) is 6.07 Å². The van der Waals surface area contributed by atoms with E-state index in [2.05, 4.69) is 0 Å². The van der Waals surface area contributed by atoms with E-state index >= 15 is 0 Å². The van der Waals surface area contributed by atoms with Crippen molar-refractivity contribution < 1.29 is 18.0 Å². The molecular formula is C20H13ClF3NO. The van der Waals surface area contributed by atoms with Crippen LogP contribution in [0.15, 0.2) is 66.7 Å². The molecule has 0 bridgehead atoms. The molecule has 0 spiro atoms. The molecule has 0 unspecified atom stereocenters. The van der Waals surface area contributed by atoms with Gasteiger partial charge in [0, 0.05) is 16.1 Å². The Hall–Kier alpha value is -2.79. The van der Waals surface area contributed by atoms with Gasteiger partial charge in [-0.15, -0.1) is 0 Å². The molecule has 26 heavy (non-hydrogen) atoms. The lowest BCUT2D eigenvalue weighted by molar-refractivity contribution is -0.137. The largest absolute Gasteiger partial charge is 0.417 e. The fourth-order valence-electron chi connectivity index (χ4n) is 2.81. The number of halogens is 4. The molecule has 0 aliphatic carbocycles. The van der Waals surface area contributed by atoms with Gasteiger partial charge in [0.1, 0.15) is 0 Å². The Morgan fingerprint density at radius 2 is 1.46 bits per heavy atom. The zero-order chi connectivity index (χ0) is 18.9. The summed E-state index contributed by atoms with van der Waals surface area (Å²) in [5, 5.41) is 0.353. The van der Waals surface area contributed by atoms with Crippen molar-refractivity contribution in [3.63, 3.8) is 0 Å². The third-order valence-corrected chi connectivity index (χ3v) is 4.32. The Morgan fingerprint density at radius 1 is 0.846 bits per heavy atom. The van der Waals surface area contributed by atoms with E-state index < -0.39 is 17.6 Å². The van der Waals surface area contributed by atoms with E-state index in [9.17, 15) is 18.0 Å². The molecule has 2 N–H and O–H groups in total. The van der Waals surface area contributed by atoms with Crippen LogP contribution in [0, 0.1) is 0 Å². The number of hydrogen-bond acceptors (Lipinski definition) is 1. The predicted octanol–water partition coefficient (Wildman–Crippen LogP) is 5.79. The highest BCUT2D eigenvalue weighted by atomic mass is 35.5. The number of primary amides is 1. The van der Waals surface area contributed by atoms with Crippen molar-refractivity contribution in [1.82, 2.24) is 0 Å². The molecule has 0 atom stereocenters. The van der Waals surface area contributed by atoms with E-state index in [1.54, 1.807) is 42.5 Å². The van der Waals surface area contributed by atoms with E-state index in [1.807, 2.05) is 0 Å². The van der Waals surface area contributed by atoms with E-state index in [0.29, 0.717) is 16.1 Å². The zero-order valence-corrected chi connectivity index (χ0v) is 14.1. The fraction of sp³-hybridized carbons (Fsp3) is 0.0500. The number of benzene rings is 3. The summed E-state index contributed by atoms with van der Waals surface area (Å²) in [6, 6.07) is 16.5. The van der Waals surface area contributed by atoms with Crippen molar-refractivity contribution >= 4 is 17.5 Å². The summed E-state index contributed by atoms with van der Waals surface area (Å²) in [6.45, 7) is 0. The maximum atomic E-state index is 13.7. The monoisotopic (exact) mass is 375 g/mol. The average molecular weight is 376 g/mol. The summed E-state index contributed by atoms with van der Waals surface area (Å²) in [5.74, 6) is -0.788. The number of amides is 1. The first-order valence-electron chi connectivity index (χ1n) is 7.64. The van der Waals surface area contributed by atoms with Crippen LogP contribution in [-0.4, -0.2) is 5.91 Å². The number of carbonyl (C=O) groups excluding carboxylic acids is 1. The standard InChI is InChI=1S/C20H13ClF3NO/c21-18-8-4-3-5-13(18)12-9-10-15(17(11-12)20(22,23)24)14-6-1-2-7-16(14)19(25)26/h1-11H,(H2,25,26). The topological polar surface area (TPSA) is 43.1 Å². The van der Waals surface area contributed by atoms with Crippen molar-refractivity contribution in [3.8, 4) is 22.3 Å². The Labute approximate surface area is 153 Å². The maximum Gasteiger partial charge on any atom is 0.417 e. The minimum Gasteiger partial charge on any atom is -0.366 e. The van der Waals surface area contributed by atoms with Crippen LogP contribution in [0.2, 0.25) is 5.02 Å². The summed E-state index contributed by atoms with van der Waals surface area (Å²) < 4.78 is 41.1. The molecule has 3 aromatic rings. The van der Waals surface area contributed by atoms with Gasteiger partial charge in [-0.25, -0.2) is 0 Å². The van der Waals surface area contributed by atoms with Gasteiger partial charge >= 0.3 is 6.18 Å². The van der Waals surface area contributed by atoms with Crippen LogP contribution in [0.1, 0.15) is 15.9 Å². The number of hydrogen-bond donors (Lipinski definition) is 1. The van der Waals surface area contributed by atoms with Crippen LogP contribution >= 0.6 is 11.6 Å². The lowest BCUT2D eigenvalue weighted by Gasteiger charge is -2.17. The molecule has 0 saturated carbocycles. The summed E-state index contributed by atoms with van der Waals surface area (Å²) in [4.78, 5) is 11.6. The molecule has 0 aliphatic rings. The molecule has 0 saturated heterocycles. The Morgan fingerprint density at radius 3 is 2.08 bits per heavy atom. The number of carbonyl (C=O) groups is 1. The molecule has 1 amide bonds. The maximum absolute atomic E-state index is 13.7. The minimum absolute atomic E-state index is 0.0310. The second kappa shape index (κ2) is 6.84. The van der Waals surface area contributed by atoms with Crippen LogP contribution in [0.5, 0.6) is 0 Å². The molecule has 0 aliphatic heterocycles. The Bertz CT molecular complexity index is 983. The van der Waals surface area contributed by atoms with Gasteiger partial charge in [-0.3, -0.25) is 4.79 Å². The second-order valence-electron chi connectivity index (χ2n) is 5.65. The van der Waals surface area contributed by atoms with E-state index in [4.69, 9.17) is 17.3 Å². The molecule has 2 nitrogen and oxygen atoms in total. The van der Waals surface area contributed by atoms with Gasteiger partial charge in [-0.1, -0.05) is 60.1 Å². The fourth-order valence-corrected chi connectivity index (χ4v) is 3.05. The van der Waals surface area contributed by atoms with Crippen LogP contribution < -0.4 is 5.73 Å².